The van der Waals surface area contributed by atoms with Crippen LogP contribution in [0.5, 0.6) is 11.5 Å². The Morgan fingerprint density at radius 3 is 0.919 bits per heavy atom. The van der Waals surface area contributed by atoms with Crippen molar-refractivity contribution in [2.45, 2.75) is 18.3 Å². The molecule has 0 fully saturated rings. The number of methoxy groups -OCH3 is 3. The van der Waals surface area contributed by atoms with Gasteiger partial charge < -0.3 is 23.7 Å². The summed E-state index contributed by atoms with van der Waals surface area (Å²) in [5, 5.41) is -2.39. The summed E-state index contributed by atoms with van der Waals surface area (Å²) in [5.74, 6) is -3.08. The normalized spacial score (nSPS) is 13.8. The first-order valence-electron chi connectivity index (χ1n) is 9.29. The van der Waals surface area contributed by atoms with Crippen molar-refractivity contribution in [2.75, 3.05) is 21.3 Å². The van der Waals surface area contributed by atoms with Crippen LogP contribution in [-0.4, -0.2) is 51.6 Å². The maximum atomic E-state index is 13.0. The molecule has 0 radical (unpaired) electrons. The highest BCUT2D eigenvalue weighted by atomic mass is 35.5. The van der Waals surface area contributed by atoms with E-state index in [0.717, 1.165) is 21.3 Å². The Hall–Kier alpha value is 0.160. The minimum Gasteiger partial charge on any atom is -0.421 e. The van der Waals surface area contributed by atoms with Gasteiger partial charge in [-0.2, -0.15) is 0 Å². The molecule has 1 unspecified atom stereocenters. The molecule has 0 heterocycles. The van der Waals surface area contributed by atoms with Gasteiger partial charge >= 0.3 is 11.9 Å². The largest absolute Gasteiger partial charge is 0.421 e. The Morgan fingerprint density at radius 2 is 0.703 bits per heavy atom. The second-order valence-electron chi connectivity index (χ2n) is 6.65. The Kier molecular flexibility index (Phi) is 12.8. The number of halogens is 10. The van der Waals surface area contributed by atoms with E-state index in [2.05, 4.69) is 0 Å². The van der Waals surface area contributed by atoms with E-state index in [1.807, 2.05) is 0 Å². The van der Waals surface area contributed by atoms with Gasteiger partial charge in [0.2, 0.25) is 0 Å². The van der Waals surface area contributed by atoms with E-state index >= 15 is 0 Å². The number of benzene rings is 2. The molecule has 0 aliphatic heterocycles. The molecular formula is C20H12Cl10O7. The Labute approximate surface area is 260 Å². The third-order valence-electron chi connectivity index (χ3n) is 4.59. The smallest absolute Gasteiger partial charge is 0.343 e. The van der Waals surface area contributed by atoms with Crippen LogP contribution in [0.15, 0.2) is 0 Å². The highest BCUT2D eigenvalue weighted by molar-refractivity contribution is 6.56. The molecule has 0 N–H and O–H groups in total. The number of ether oxygens (including phenoxy) is 5. The first kappa shape index (κ1) is 33.4. The summed E-state index contributed by atoms with van der Waals surface area (Å²) < 4.78 is 26.3. The van der Waals surface area contributed by atoms with Crippen molar-refractivity contribution in [3.05, 3.63) is 50.2 Å². The predicted molar refractivity (Wildman–Crippen MR) is 147 cm³/mol. The summed E-state index contributed by atoms with van der Waals surface area (Å²) in [7, 11) is 3.43. The average molecular weight is 719 g/mol. The van der Waals surface area contributed by atoms with E-state index in [0.29, 0.717) is 0 Å². The highest BCUT2D eigenvalue weighted by Gasteiger charge is 2.42. The monoisotopic (exact) mass is 714 g/mol. The van der Waals surface area contributed by atoms with Crippen molar-refractivity contribution in [1.29, 1.82) is 0 Å². The summed E-state index contributed by atoms with van der Waals surface area (Å²) in [6, 6.07) is 0. The number of hydrogen-bond donors (Lipinski definition) is 0. The fourth-order valence-electron chi connectivity index (χ4n) is 2.80. The summed E-state index contributed by atoms with van der Waals surface area (Å²) in [4.78, 5) is 26.1. The molecule has 0 amide bonds. The van der Waals surface area contributed by atoms with E-state index in [1.54, 1.807) is 0 Å². The van der Waals surface area contributed by atoms with Crippen molar-refractivity contribution in [3.63, 3.8) is 0 Å². The van der Waals surface area contributed by atoms with Crippen LogP contribution in [0.25, 0.3) is 0 Å². The lowest BCUT2D eigenvalue weighted by Gasteiger charge is -2.28. The molecular weight excluding hydrogens is 707 g/mol. The second kappa shape index (κ2) is 14.2. The Bertz CT molecular complexity index is 1070. The lowest BCUT2D eigenvalue weighted by molar-refractivity contribution is -0.174. The molecule has 2 aromatic rings. The number of hydrogen-bond acceptors (Lipinski definition) is 7. The molecule has 3 atom stereocenters. The van der Waals surface area contributed by atoms with E-state index in [1.165, 1.54) is 0 Å². The first-order valence-corrected chi connectivity index (χ1v) is 13.1. The van der Waals surface area contributed by atoms with E-state index in [-0.39, 0.29) is 50.2 Å². The maximum Gasteiger partial charge on any atom is 0.343 e. The first-order chi connectivity index (χ1) is 17.2. The summed E-state index contributed by atoms with van der Waals surface area (Å²) >= 11 is 60.4. The molecule has 2 rings (SSSR count). The van der Waals surface area contributed by atoms with Crippen LogP contribution in [0.4, 0.5) is 0 Å². The zero-order valence-electron chi connectivity index (χ0n) is 18.4. The predicted octanol–water partition coefficient (Wildman–Crippen LogP) is 8.78. The molecule has 7 nitrogen and oxygen atoms in total. The van der Waals surface area contributed by atoms with Crippen LogP contribution >= 0.6 is 116 Å². The van der Waals surface area contributed by atoms with Gasteiger partial charge in [0.25, 0.3) is 0 Å². The zero-order valence-corrected chi connectivity index (χ0v) is 25.9. The Balaban J connectivity index is 2.40. The summed E-state index contributed by atoms with van der Waals surface area (Å²) in [6.45, 7) is 0. The fourth-order valence-corrected chi connectivity index (χ4v) is 5.20. The minimum absolute atomic E-state index is 0.155. The molecule has 204 valence electrons. The zero-order chi connectivity index (χ0) is 28.4. The maximum absolute atomic E-state index is 13.0. The van der Waals surface area contributed by atoms with Crippen molar-refractivity contribution >= 4 is 128 Å². The van der Waals surface area contributed by atoms with Crippen LogP contribution in [0.1, 0.15) is 0 Å². The standard InChI is InChI=1S/C20H12Cl10O7/c1-33-16(17(34-2)19(31)36-14-10(27)6(23)4(21)7(24)11(14)28)18(35-3)20(32)37-15-12(29)8(25)5(22)9(26)13(15)30/h16-18H,1-3H3/t16?,17-,18+. The molecule has 0 aliphatic rings. The lowest BCUT2D eigenvalue weighted by Crippen LogP contribution is -2.51. The SMILES string of the molecule is COC([C@H](OC)C(=O)Oc1c(Cl)c(Cl)c(Cl)c(Cl)c1Cl)[C@@H](OC)C(=O)Oc1c(Cl)c(Cl)c(Cl)c(Cl)c1Cl. The number of esters is 2. The van der Waals surface area contributed by atoms with Gasteiger partial charge in [-0.25, -0.2) is 9.59 Å². The van der Waals surface area contributed by atoms with E-state index < -0.39 is 41.7 Å². The van der Waals surface area contributed by atoms with Crippen molar-refractivity contribution in [1.82, 2.24) is 0 Å². The number of carbonyl (C=O) groups excluding carboxylic acids is 2. The highest BCUT2D eigenvalue weighted by Crippen LogP contribution is 2.49. The molecule has 0 saturated carbocycles. The quantitative estimate of drug-likeness (QED) is 0.111. The van der Waals surface area contributed by atoms with Gasteiger partial charge in [0.1, 0.15) is 26.2 Å². The molecule has 0 spiro atoms. The topological polar surface area (TPSA) is 80.3 Å². The number of carbonyl (C=O) groups is 2. The van der Waals surface area contributed by atoms with Gasteiger partial charge in [0.15, 0.2) is 23.7 Å². The molecule has 0 saturated heterocycles. The number of rotatable bonds is 9. The average Bonchev–Trinajstić information content (AvgIpc) is 2.88. The van der Waals surface area contributed by atoms with Crippen LogP contribution in [-0.2, 0) is 23.8 Å². The van der Waals surface area contributed by atoms with E-state index in [4.69, 9.17) is 140 Å². The molecule has 0 aromatic heterocycles. The summed E-state index contributed by atoms with van der Waals surface area (Å²) in [5.41, 5.74) is 0. The van der Waals surface area contributed by atoms with Crippen LogP contribution in [0.3, 0.4) is 0 Å². The molecule has 37 heavy (non-hydrogen) atoms. The van der Waals surface area contributed by atoms with E-state index in [9.17, 15) is 9.59 Å². The third kappa shape index (κ3) is 6.91. The van der Waals surface area contributed by atoms with Gasteiger partial charge in [-0.3, -0.25) is 0 Å². The lowest BCUT2D eigenvalue weighted by atomic mass is 10.1. The van der Waals surface area contributed by atoms with Gasteiger partial charge in [-0.1, -0.05) is 116 Å². The van der Waals surface area contributed by atoms with Crippen molar-refractivity contribution < 1.29 is 33.3 Å². The van der Waals surface area contributed by atoms with Crippen molar-refractivity contribution in [2.24, 2.45) is 0 Å². The van der Waals surface area contributed by atoms with Gasteiger partial charge in [-0.05, 0) is 0 Å². The second-order valence-corrected chi connectivity index (χ2v) is 10.4. The van der Waals surface area contributed by atoms with Gasteiger partial charge in [0, 0.05) is 21.3 Å². The van der Waals surface area contributed by atoms with Crippen molar-refractivity contribution in [3.8, 4) is 11.5 Å². The molecule has 0 aliphatic carbocycles. The Morgan fingerprint density at radius 1 is 0.459 bits per heavy atom. The van der Waals surface area contributed by atoms with Crippen LogP contribution in [0.2, 0.25) is 50.2 Å². The fraction of sp³-hybridized carbons (Fsp3) is 0.300. The molecule has 0 bridgehead atoms. The van der Waals surface area contributed by atoms with Crippen LogP contribution < -0.4 is 9.47 Å². The summed E-state index contributed by atoms with van der Waals surface area (Å²) in [6.07, 6.45) is -4.71. The van der Waals surface area contributed by atoms with Gasteiger partial charge in [0.05, 0.1) is 30.1 Å². The minimum atomic E-state index is -1.62. The molecule has 2 aromatic carbocycles. The molecule has 17 heteroatoms. The van der Waals surface area contributed by atoms with Crippen LogP contribution in [0, 0.1) is 0 Å². The van der Waals surface area contributed by atoms with Gasteiger partial charge in [-0.15, -0.1) is 0 Å². The third-order valence-corrected chi connectivity index (χ3v) is 9.07.